The van der Waals surface area contributed by atoms with Gasteiger partial charge in [-0.15, -0.1) is 0 Å². The van der Waals surface area contributed by atoms with Crippen LogP contribution in [0, 0.1) is 0 Å². The van der Waals surface area contributed by atoms with E-state index >= 15 is 0 Å². The molecule has 0 radical (unpaired) electrons. The molecule has 0 aliphatic rings. The van der Waals surface area contributed by atoms with E-state index in [0.717, 1.165) is 12.1 Å². The van der Waals surface area contributed by atoms with E-state index in [4.69, 9.17) is 0 Å². The summed E-state index contributed by atoms with van der Waals surface area (Å²) in [6.45, 7) is 0. The number of benzene rings is 6. The van der Waals surface area contributed by atoms with Gasteiger partial charge in [0.05, 0.1) is 9.79 Å². The zero-order valence-electron chi connectivity index (χ0n) is 34.1. The molecule has 0 fully saturated rings. The fraction of sp³-hybridized carbons (Fsp3) is 0. The number of aromatic nitrogens is 6. The fourth-order valence-electron chi connectivity index (χ4n) is 6.07. The molecule has 20 heteroatoms. The Morgan fingerprint density at radius 3 is 0.891 bits per heavy atom. The SMILES string of the molecule is O=S(=O)([O-])c1cc(-c2nc(Nc3ccccc3)nc(Nc3ccccc3)n2)ccc1C=Cc1ccc(-c2nc(Nc3ccccc3)nc(Nc3ccccc3)n2)cc1S(=O)(=O)[O-].[Na+].[Na+]. The second kappa shape index (κ2) is 21.2. The molecule has 308 valence electrons. The van der Waals surface area contributed by atoms with Gasteiger partial charge in [0.1, 0.15) is 20.2 Å². The van der Waals surface area contributed by atoms with Crippen molar-refractivity contribution < 1.29 is 85.1 Å². The molecule has 2 heterocycles. The second-order valence-corrected chi connectivity index (χ2v) is 16.0. The molecule has 6 aromatic carbocycles. The van der Waals surface area contributed by atoms with Crippen LogP contribution in [-0.4, -0.2) is 55.8 Å². The summed E-state index contributed by atoms with van der Waals surface area (Å²) < 4.78 is 76.4. The second-order valence-electron chi connectivity index (χ2n) is 13.3. The topological polar surface area (TPSA) is 240 Å². The number of nitrogens with zero attached hydrogens (tertiary/aromatic N) is 6. The van der Waals surface area contributed by atoms with Crippen molar-refractivity contribution in [3.8, 4) is 22.8 Å². The number of anilines is 8. The molecule has 0 aliphatic carbocycles. The maximum Gasteiger partial charge on any atom is 1.00 e. The Morgan fingerprint density at radius 1 is 0.375 bits per heavy atom. The standard InChI is InChI=1S/C44H34N10O6S2.2Na/c55-61(56,57)37-27-31(39-49-41(45-33-13-5-1-6-14-33)53-42(50-39)46-34-15-7-2-8-16-34)25-23-29(37)21-22-30-24-26-32(28-38(30)62(58,59)60)40-51-43(47-35-17-9-3-10-18-35)54-44(52-40)48-36-19-11-4-12-20-36;;/h1-28H,(H,55,56,57)(H,58,59,60)(H2,45,46,49,50,53)(H2,47,48,51,52,54);;/q;2*+1/p-2. The Balaban J connectivity index is 0.00000340. The molecular formula is C44H32N10Na2O6S2. The molecule has 0 atom stereocenters. The van der Waals surface area contributed by atoms with Gasteiger partial charge in [-0.25, -0.2) is 16.8 Å². The number of hydrogen-bond acceptors (Lipinski definition) is 16. The predicted molar refractivity (Wildman–Crippen MR) is 234 cm³/mol. The minimum absolute atomic E-state index is 0. The number of nitrogens with one attached hydrogen (secondary N) is 4. The van der Waals surface area contributed by atoms with Gasteiger partial charge in [0.2, 0.25) is 23.8 Å². The van der Waals surface area contributed by atoms with Gasteiger partial charge in [0, 0.05) is 33.9 Å². The summed E-state index contributed by atoms with van der Waals surface area (Å²) >= 11 is 0. The van der Waals surface area contributed by atoms with Crippen molar-refractivity contribution in [3.05, 3.63) is 169 Å². The summed E-state index contributed by atoms with van der Waals surface area (Å²) in [6, 6.07) is 44.4. The monoisotopic (exact) mass is 906 g/mol. The van der Waals surface area contributed by atoms with Gasteiger partial charge in [-0.3, -0.25) is 0 Å². The van der Waals surface area contributed by atoms with E-state index in [1.165, 1.54) is 36.4 Å². The van der Waals surface area contributed by atoms with Crippen LogP contribution in [0.2, 0.25) is 0 Å². The Bertz CT molecular complexity index is 2810. The molecule has 0 saturated carbocycles. The van der Waals surface area contributed by atoms with Crippen LogP contribution < -0.4 is 80.4 Å². The van der Waals surface area contributed by atoms with Gasteiger partial charge in [-0.1, -0.05) is 109 Å². The Labute approximate surface area is 412 Å². The first kappa shape index (κ1) is 47.6. The minimum Gasteiger partial charge on any atom is -0.744 e. The van der Waals surface area contributed by atoms with Crippen molar-refractivity contribution in [1.29, 1.82) is 0 Å². The summed E-state index contributed by atoms with van der Waals surface area (Å²) in [5.41, 5.74) is 2.85. The maximum absolute atomic E-state index is 12.7. The Morgan fingerprint density at radius 2 is 0.641 bits per heavy atom. The number of rotatable bonds is 14. The first-order valence-electron chi connectivity index (χ1n) is 18.6. The van der Waals surface area contributed by atoms with Gasteiger partial charge in [0.25, 0.3) is 0 Å². The van der Waals surface area contributed by atoms with Crippen molar-refractivity contribution >= 4 is 78.9 Å². The Kier molecular flexibility index (Phi) is 15.7. The summed E-state index contributed by atoms with van der Waals surface area (Å²) in [4.78, 5) is 25.6. The largest absolute Gasteiger partial charge is 1.00 e. The first-order chi connectivity index (χ1) is 29.9. The molecule has 16 nitrogen and oxygen atoms in total. The fourth-order valence-corrected chi connectivity index (χ4v) is 7.46. The van der Waals surface area contributed by atoms with Crippen molar-refractivity contribution in [2.24, 2.45) is 0 Å². The third-order valence-corrected chi connectivity index (χ3v) is 10.7. The Hall–Kier alpha value is -5.90. The molecule has 0 saturated heterocycles. The number of hydrogen-bond donors (Lipinski definition) is 4. The molecule has 0 bridgehead atoms. The molecule has 2 aromatic heterocycles. The van der Waals surface area contributed by atoms with E-state index < -0.39 is 30.0 Å². The molecule has 4 N–H and O–H groups in total. The third-order valence-electron chi connectivity index (χ3n) is 8.92. The predicted octanol–water partition coefficient (Wildman–Crippen LogP) is 2.35. The van der Waals surface area contributed by atoms with Crippen LogP contribution in [0.3, 0.4) is 0 Å². The summed E-state index contributed by atoms with van der Waals surface area (Å²) in [5, 5.41) is 12.4. The normalized spacial score (nSPS) is 11.2. The van der Waals surface area contributed by atoms with Crippen LogP contribution >= 0.6 is 0 Å². The van der Waals surface area contributed by atoms with E-state index in [0.29, 0.717) is 22.7 Å². The molecule has 0 spiro atoms. The van der Waals surface area contributed by atoms with Crippen LogP contribution in [0.15, 0.2) is 168 Å². The molecule has 0 amide bonds. The van der Waals surface area contributed by atoms with Gasteiger partial charge in [0.15, 0.2) is 11.6 Å². The molecule has 0 aliphatic heterocycles. The average Bonchev–Trinajstić information content (AvgIpc) is 3.26. The van der Waals surface area contributed by atoms with Crippen LogP contribution in [-0.2, 0) is 20.2 Å². The minimum atomic E-state index is -5.14. The van der Waals surface area contributed by atoms with Crippen LogP contribution in [0.5, 0.6) is 0 Å². The maximum atomic E-state index is 12.7. The van der Waals surface area contributed by atoms with Crippen molar-refractivity contribution in [1.82, 2.24) is 29.9 Å². The van der Waals surface area contributed by atoms with E-state index in [-0.39, 0.29) is 117 Å². The van der Waals surface area contributed by atoms with Gasteiger partial charge in [-0.05, 0) is 71.8 Å². The number of para-hydroxylation sites is 4. The van der Waals surface area contributed by atoms with Crippen molar-refractivity contribution in [2.75, 3.05) is 21.3 Å². The zero-order valence-corrected chi connectivity index (χ0v) is 39.7. The van der Waals surface area contributed by atoms with Crippen LogP contribution in [0.25, 0.3) is 34.9 Å². The summed E-state index contributed by atoms with van der Waals surface area (Å²) in [7, 11) is -10.3. The van der Waals surface area contributed by atoms with Crippen molar-refractivity contribution in [3.63, 3.8) is 0 Å². The summed E-state index contributed by atoms with van der Waals surface area (Å²) in [6.07, 6.45) is 2.45. The average molecular weight is 907 g/mol. The zero-order chi connectivity index (χ0) is 43.1. The van der Waals surface area contributed by atoms with Gasteiger partial charge in [-0.2, -0.15) is 29.9 Å². The van der Waals surface area contributed by atoms with Gasteiger partial charge < -0.3 is 30.4 Å². The van der Waals surface area contributed by atoms with E-state index in [9.17, 15) is 25.9 Å². The third kappa shape index (κ3) is 12.4. The smallest absolute Gasteiger partial charge is 0.744 e. The van der Waals surface area contributed by atoms with Crippen LogP contribution in [0.4, 0.5) is 46.5 Å². The van der Waals surface area contributed by atoms with E-state index in [2.05, 4.69) is 51.2 Å². The molecule has 64 heavy (non-hydrogen) atoms. The molecule has 0 unspecified atom stereocenters. The van der Waals surface area contributed by atoms with Crippen molar-refractivity contribution in [2.45, 2.75) is 9.79 Å². The molecule has 8 rings (SSSR count). The quantitative estimate of drug-likeness (QED) is 0.0696. The first-order valence-corrected chi connectivity index (χ1v) is 21.4. The van der Waals surface area contributed by atoms with E-state index in [1.54, 1.807) is 0 Å². The van der Waals surface area contributed by atoms with Gasteiger partial charge >= 0.3 is 59.1 Å². The summed E-state index contributed by atoms with van der Waals surface area (Å²) in [5.74, 6) is 0.609. The molecule has 8 aromatic rings. The van der Waals surface area contributed by atoms with E-state index in [1.807, 2.05) is 121 Å². The van der Waals surface area contributed by atoms with Crippen LogP contribution in [0.1, 0.15) is 11.1 Å². The molecular weight excluding hydrogens is 875 g/mol.